The third-order valence-corrected chi connectivity index (χ3v) is 9.28. The lowest BCUT2D eigenvalue weighted by Gasteiger charge is -2.62. The quantitative estimate of drug-likeness (QED) is 0.650. The summed E-state index contributed by atoms with van der Waals surface area (Å²) in [6, 6.07) is 22.4. The van der Waals surface area contributed by atoms with Gasteiger partial charge < -0.3 is 11.1 Å². The van der Waals surface area contributed by atoms with E-state index in [2.05, 4.69) is 72.1 Å². The van der Waals surface area contributed by atoms with Gasteiger partial charge in [0.15, 0.2) is 0 Å². The van der Waals surface area contributed by atoms with Crippen LogP contribution in [0, 0.1) is 17.3 Å². The summed E-state index contributed by atoms with van der Waals surface area (Å²) in [6.07, 6.45) is 11.9. The summed E-state index contributed by atoms with van der Waals surface area (Å²) in [5.41, 5.74) is 10.4. The molecule has 3 heteroatoms. The van der Waals surface area contributed by atoms with E-state index >= 15 is 0 Å². The lowest BCUT2D eigenvalue weighted by Crippen LogP contribution is -2.60. The van der Waals surface area contributed by atoms with Crippen LogP contribution in [0.25, 0.3) is 6.08 Å². The number of nitrogens with two attached hydrogens (primary N) is 1. The van der Waals surface area contributed by atoms with Crippen LogP contribution in [0.1, 0.15) is 68.9 Å². The Bertz CT molecular complexity index is 1020. The van der Waals surface area contributed by atoms with Gasteiger partial charge in [0.1, 0.15) is 0 Å². The predicted molar refractivity (Wildman–Crippen MR) is 133 cm³/mol. The molecule has 0 aromatic heterocycles. The summed E-state index contributed by atoms with van der Waals surface area (Å²) >= 11 is 0. The van der Waals surface area contributed by atoms with Crippen LogP contribution in [0.15, 0.2) is 66.2 Å². The number of benzene rings is 2. The summed E-state index contributed by atoms with van der Waals surface area (Å²) in [5, 5.41) is 3.52. The number of amides is 1. The molecule has 0 spiro atoms. The molecule has 0 aliphatic heterocycles. The fourth-order valence-corrected chi connectivity index (χ4v) is 7.91. The second-order valence-corrected chi connectivity index (χ2v) is 11.5. The average Bonchev–Trinajstić information content (AvgIpc) is 2.84. The molecule has 2 aromatic carbocycles. The molecule has 2 aromatic rings. The largest absolute Gasteiger partial charge is 0.353 e. The highest BCUT2D eigenvalue weighted by molar-refractivity contribution is 5.84. The standard InChI is InChI=1S/C30H36N2O/c31-25-11-13-26(14-12-25)32-28(33)30-18-22-16-29(20-30,24-9-5-2-6-10-24)17-23(19-30)27(22)15-21-7-3-1-4-8-21/h1-10,15,22-23,25-26H,11-14,16-20,31H2,(H,32,33)/t22-,23?,25?,26?,29?,30?/m1/s1. The summed E-state index contributed by atoms with van der Waals surface area (Å²) in [6.45, 7) is 0. The summed E-state index contributed by atoms with van der Waals surface area (Å²) < 4.78 is 0. The van der Waals surface area contributed by atoms with Crippen LogP contribution in [-0.2, 0) is 10.2 Å². The molecule has 5 aliphatic carbocycles. The van der Waals surface area contributed by atoms with Gasteiger partial charge in [0.25, 0.3) is 0 Å². The predicted octanol–water partition coefficient (Wildman–Crippen LogP) is 5.60. The zero-order chi connectivity index (χ0) is 22.5. The highest BCUT2D eigenvalue weighted by atomic mass is 16.2. The van der Waals surface area contributed by atoms with E-state index in [1.165, 1.54) is 24.0 Å². The van der Waals surface area contributed by atoms with E-state index < -0.39 is 0 Å². The Hall–Kier alpha value is -2.39. The normalized spacial score (nSPS) is 38.4. The summed E-state index contributed by atoms with van der Waals surface area (Å²) in [5.74, 6) is 1.32. The van der Waals surface area contributed by atoms with Gasteiger partial charge in [-0.25, -0.2) is 0 Å². The molecule has 4 bridgehead atoms. The molecule has 5 fully saturated rings. The van der Waals surface area contributed by atoms with Gasteiger partial charge in [-0.2, -0.15) is 0 Å². The molecule has 3 nitrogen and oxygen atoms in total. The number of hydrogen-bond acceptors (Lipinski definition) is 2. The van der Waals surface area contributed by atoms with Gasteiger partial charge in [0.2, 0.25) is 5.91 Å². The first-order valence-electron chi connectivity index (χ1n) is 12.9. The summed E-state index contributed by atoms with van der Waals surface area (Å²) in [4.78, 5) is 13.9. The van der Waals surface area contributed by atoms with E-state index in [1.807, 2.05) is 0 Å². The number of nitrogens with one attached hydrogen (secondary N) is 1. The van der Waals surface area contributed by atoms with E-state index in [9.17, 15) is 4.79 Å². The Morgan fingerprint density at radius 3 is 2.09 bits per heavy atom. The van der Waals surface area contributed by atoms with Crippen molar-refractivity contribution in [2.45, 2.75) is 75.3 Å². The number of rotatable bonds is 4. The molecule has 0 radical (unpaired) electrons. The maximum Gasteiger partial charge on any atom is 0.226 e. The number of allylic oxidation sites excluding steroid dienone is 1. The molecule has 3 N–H and O–H groups in total. The molecule has 1 amide bonds. The molecule has 3 unspecified atom stereocenters. The molecule has 0 heterocycles. The van der Waals surface area contributed by atoms with Gasteiger partial charge in [-0.3, -0.25) is 4.79 Å². The lowest BCUT2D eigenvalue weighted by molar-refractivity contribution is -0.145. The van der Waals surface area contributed by atoms with Crippen LogP contribution >= 0.6 is 0 Å². The van der Waals surface area contributed by atoms with Crippen LogP contribution in [0.4, 0.5) is 0 Å². The van der Waals surface area contributed by atoms with Gasteiger partial charge in [-0.05, 0) is 86.2 Å². The molecule has 172 valence electrons. The Labute approximate surface area is 197 Å². The van der Waals surface area contributed by atoms with E-state index in [0.717, 1.165) is 44.9 Å². The van der Waals surface area contributed by atoms with Gasteiger partial charge in [-0.15, -0.1) is 0 Å². The molecule has 33 heavy (non-hydrogen) atoms. The molecule has 7 rings (SSSR count). The molecule has 0 saturated heterocycles. The number of hydrogen-bond donors (Lipinski definition) is 2. The fourth-order valence-electron chi connectivity index (χ4n) is 7.91. The smallest absolute Gasteiger partial charge is 0.226 e. The Kier molecular flexibility index (Phi) is 5.21. The minimum atomic E-state index is -0.227. The molecule has 5 aliphatic rings. The first-order chi connectivity index (χ1) is 16.1. The van der Waals surface area contributed by atoms with Crippen molar-refractivity contribution in [3.8, 4) is 0 Å². The third kappa shape index (κ3) is 3.75. The second kappa shape index (κ2) is 8.13. The van der Waals surface area contributed by atoms with E-state index in [0.29, 0.717) is 29.8 Å². The van der Waals surface area contributed by atoms with Crippen molar-refractivity contribution < 1.29 is 4.79 Å². The van der Waals surface area contributed by atoms with Crippen LogP contribution in [0.2, 0.25) is 0 Å². The highest BCUT2D eigenvalue weighted by Gasteiger charge is 2.62. The van der Waals surface area contributed by atoms with E-state index in [1.54, 1.807) is 5.57 Å². The van der Waals surface area contributed by atoms with E-state index in [-0.39, 0.29) is 10.8 Å². The van der Waals surface area contributed by atoms with Crippen LogP contribution in [0.3, 0.4) is 0 Å². The van der Waals surface area contributed by atoms with E-state index in [4.69, 9.17) is 5.73 Å². The molecule has 5 saturated carbocycles. The maximum atomic E-state index is 13.9. The third-order valence-electron chi connectivity index (χ3n) is 9.28. The van der Waals surface area contributed by atoms with Crippen molar-refractivity contribution in [3.63, 3.8) is 0 Å². The Morgan fingerprint density at radius 1 is 0.848 bits per heavy atom. The summed E-state index contributed by atoms with van der Waals surface area (Å²) in [7, 11) is 0. The Morgan fingerprint density at radius 2 is 1.45 bits per heavy atom. The minimum Gasteiger partial charge on any atom is -0.353 e. The van der Waals surface area contributed by atoms with Crippen molar-refractivity contribution in [2.75, 3.05) is 0 Å². The topological polar surface area (TPSA) is 55.1 Å². The fraction of sp³-hybridized carbons (Fsp3) is 0.500. The van der Waals surface area contributed by atoms with Crippen molar-refractivity contribution in [1.82, 2.24) is 5.32 Å². The zero-order valence-electron chi connectivity index (χ0n) is 19.5. The van der Waals surface area contributed by atoms with Crippen molar-refractivity contribution in [1.29, 1.82) is 0 Å². The Balaban J connectivity index is 1.33. The monoisotopic (exact) mass is 440 g/mol. The van der Waals surface area contributed by atoms with Gasteiger partial charge in [0.05, 0.1) is 5.41 Å². The first-order valence-corrected chi connectivity index (χ1v) is 12.9. The first kappa shape index (κ1) is 21.2. The minimum absolute atomic E-state index is 0.132. The number of carbonyl (C=O) groups is 1. The van der Waals surface area contributed by atoms with Gasteiger partial charge in [0, 0.05) is 12.1 Å². The highest BCUT2D eigenvalue weighted by Crippen LogP contribution is 2.67. The van der Waals surface area contributed by atoms with Crippen LogP contribution in [0.5, 0.6) is 0 Å². The van der Waals surface area contributed by atoms with Crippen LogP contribution in [-0.4, -0.2) is 18.0 Å². The molecule has 4 atom stereocenters. The van der Waals surface area contributed by atoms with Crippen molar-refractivity contribution in [3.05, 3.63) is 77.4 Å². The maximum absolute atomic E-state index is 13.9. The van der Waals surface area contributed by atoms with Gasteiger partial charge >= 0.3 is 0 Å². The van der Waals surface area contributed by atoms with Crippen LogP contribution < -0.4 is 11.1 Å². The SMILES string of the molecule is NC1CCC(NC(=O)C23CC4CC(c5ccccc5)(C[C@H](C2)C4=Cc2ccccc2)C3)CC1. The molecular formula is C30H36N2O. The van der Waals surface area contributed by atoms with Crippen molar-refractivity contribution in [2.24, 2.45) is 23.0 Å². The zero-order valence-corrected chi connectivity index (χ0v) is 19.5. The lowest BCUT2D eigenvalue weighted by atomic mass is 9.41. The number of carbonyl (C=O) groups excluding carboxylic acids is 1. The molecular weight excluding hydrogens is 404 g/mol. The second-order valence-electron chi connectivity index (χ2n) is 11.5. The van der Waals surface area contributed by atoms with Crippen molar-refractivity contribution >= 4 is 12.0 Å². The average molecular weight is 441 g/mol. The van der Waals surface area contributed by atoms with Gasteiger partial charge in [-0.1, -0.05) is 72.3 Å².